The number of hydrogen-bond acceptors (Lipinski definition) is 5. The van der Waals surface area contributed by atoms with E-state index >= 15 is 0 Å². The Hall–Kier alpha value is -2.61. The van der Waals surface area contributed by atoms with Crippen LogP contribution in [0.1, 0.15) is 61.0 Å². The molecular formula is C23H34ClFN2O5. The third-order valence-electron chi connectivity index (χ3n) is 3.51. The van der Waals surface area contributed by atoms with Crippen LogP contribution in [0.15, 0.2) is 24.3 Å². The molecule has 0 spiro atoms. The number of hydrogen-bond donors (Lipinski definition) is 2. The van der Waals surface area contributed by atoms with Gasteiger partial charge < -0.3 is 20.1 Å². The highest BCUT2D eigenvalue weighted by atomic mass is 35.5. The fourth-order valence-electron chi connectivity index (χ4n) is 2.28. The topological polar surface area (TPSA) is 93.7 Å². The minimum atomic E-state index is -1.02. The summed E-state index contributed by atoms with van der Waals surface area (Å²) >= 11 is 5.71. The predicted molar refractivity (Wildman–Crippen MR) is 124 cm³/mol. The molecule has 7 nitrogen and oxygen atoms in total. The zero-order valence-corrected chi connectivity index (χ0v) is 19.4. The summed E-state index contributed by atoms with van der Waals surface area (Å²) in [5.41, 5.74) is -1.32. The number of nitrogens with one attached hydrogen (secondary N) is 2. The number of carbonyl (C=O) groups excluding carboxylic acids is 3. The van der Waals surface area contributed by atoms with E-state index in [1.165, 1.54) is 18.2 Å². The predicted octanol–water partition coefficient (Wildman–Crippen LogP) is 4.87. The summed E-state index contributed by atoms with van der Waals surface area (Å²) in [6, 6.07) is 3.43. The summed E-state index contributed by atoms with van der Waals surface area (Å²) in [6.07, 6.45) is 1.74. The van der Waals surface area contributed by atoms with Crippen LogP contribution >= 0.6 is 11.6 Å². The van der Waals surface area contributed by atoms with Gasteiger partial charge >= 0.3 is 12.1 Å². The van der Waals surface area contributed by atoms with Gasteiger partial charge in [0.05, 0.1) is 5.02 Å². The number of rotatable bonds is 7. The lowest BCUT2D eigenvalue weighted by Crippen LogP contribution is -2.47. The molecule has 2 amide bonds. The fourth-order valence-corrected chi connectivity index (χ4v) is 2.47. The SMILES string of the molecule is C.CC(C)(C)OC(=O)N[C@@H](CCNC(=O)/C=C/c1cccc(Cl)c1F)C(=O)OC(C)(C)C. The van der Waals surface area contributed by atoms with Crippen molar-refractivity contribution in [2.75, 3.05) is 6.54 Å². The van der Waals surface area contributed by atoms with Crippen molar-refractivity contribution < 1.29 is 28.2 Å². The maximum absolute atomic E-state index is 13.9. The van der Waals surface area contributed by atoms with E-state index in [9.17, 15) is 18.8 Å². The van der Waals surface area contributed by atoms with Gasteiger partial charge in [0.2, 0.25) is 5.91 Å². The Morgan fingerprint density at radius 2 is 1.69 bits per heavy atom. The molecule has 32 heavy (non-hydrogen) atoms. The smallest absolute Gasteiger partial charge is 0.408 e. The summed E-state index contributed by atoms with van der Waals surface area (Å²) in [5.74, 6) is -1.77. The molecule has 0 fully saturated rings. The van der Waals surface area contributed by atoms with Crippen LogP contribution in [0.25, 0.3) is 6.08 Å². The van der Waals surface area contributed by atoms with E-state index in [-0.39, 0.29) is 31.0 Å². The second-order valence-corrected chi connectivity index (χ2v) is 9.20. The Balaban J connectivity index is 0.00000961. The van der Waals surface area contributed by atoms with Crippen LogP contribution in [0.5, 0.6) is 0 Å². The van der Waals surface area contributed by atoms with E-state index in [0.29, 0.717) is 0 Å². The van der Waals surface area contributed by atoms with Crippen LogP contribution < -0.4 is 10.6 Å². The Morgan fingerprint density at radius 1 is 1.09 bits per heavy atom. The van der Waals surface area contributed by atoms with Gasteiger partial charge in [-0.15, -0.1) is 0 Å². The first-order chi connectivity index (χ1) is 14.2. The standard InChI is InChI=1S/C22H30ClFN2O5.CH4/c1-21(2,3)30-19(28)16(26-20(29)31-22(4,5)6)12-13-25-17(27)11-10-14-8-7-9-15(23)18(14)24;/h7-11,16H,12-13H2,1-6H3,(H,25,27)(H,26,29);1H4/b11-10+;/t16-;/m0./s1. The molecule has 0 saturated heterocycles. The van der Waals surface area contributed by atoms with E-state index in [0.717, 1.165) is 6.08 Å². The zero-order valence-electron chi connectivity index (χ0n) is 18.7. The van der Waals surface area contributed by atoms with Crippen molar-refractivity contribution in [2.24, 2.45) is 0 Å². The van der Waals surface area contributed by atoms with Crippen molar-refractivity contribution >= 4 is 35.6 Å². The maximum Gasteiger partial charge on any atom is 0.408 e. The van der Waals surface area contributed by atoms with Gasteiger partial charge in [-0.2, -0.15) is 0 Å². The number of halogens is 2. The largest absolute Gasteiger partial charge is 0.458 e. The third kappa shape index (κ3) is 11.7. The van der Waals surface area contributed by atoms with Crippen molar-refractivity contribution in [3.05, 3.63) is 40.7 Å². The summed E-state index contributed by atoms with van der Waals surface area (Å²) in [7, 11) is 0. The molecule has 0 heterocycles. The maximum atomic E-state index is 13.9. The van der Waals surface area contributed by atoms with Gasteiger partial charge in [0.1, 0.15) is 23.1 Å². The third-order valence-corrected chi connectivity index (χ3v) is 3.80. The van der Waals surface area contributed by atoms with Crippen molar-refractivity contribution in [2.45, 2.75) is 72.6 Å². The first-order valence-electron chi connectivity index (χ1n) is 9.80. The van der Waals surface area contributed by atoms with Crippen LogP contribution in [0, 0.1) is 5.82 Å². The average Bonchev–Trinajstić information content (AvgIpc) is 2.59. The van der Waals surface area contributed by atoms with Gasteiger partial charge in [-0.25, -0.2) is 14.0 Å². The number of alkyl carbamates (subject to hydrolysis) is 1. The highest BCUT2D eigenvalue weighted by molar-refractivity contribution is 6.30. The van der Waals surface area contributed by atoms with Gasteiger partial charge in [-0.1, -0.05) is 31.2 Å². The van der Waals surface area contributed by atoms with E-state index < -0.39 is 41.0 Å². The Morgan fingerprint density at radius 3 is 2.25 bits per heavy atom. The van der Waals surface area contributed by atoms with Gasteiger partial charge in [-0.05, 0) is 60.1 Å². The highest BCUT2D eigenvalue weighted by Crippen LogP contribution is 2.18. The minimum absolute atomic E-state index is 0. The van der Waals surface area contributed by atoms with E-state index in [2.05, 4.69) is 10.6 Å². The second kappa shape index (κ2) is 12.4. The van der Waals surface area contributed by atoms with Crippen molar-refractivity contribution in [3.63, 3.8) is 0 Å². The molecule has 1 aromatic carbocycles. The molecule has 1 aromatic rings. The quantitative estimate of drug-likeness (QED) is 0.436. The number of esters is 1. The molecule has 0 aromatic heterocycles. The average molecular weight is 473 g/mol. The zero-order chi connectivity index (χ0) is 23.8. The van der Waals surface area contributed by atoms with Gasteiger partial charge in [0, 0.05) is 18.2 Å². The number of benzene rings is 1. The van der Waals surface area contributed by atoms with Crippen LogP contribution in [0.4, 0.5) is 9.18 Å². The molecule has 9 heteroatoms. The van der Waals surface area contributed by atoms with E-state index in [4.69, 9.17) is 21.1 Å². The lowest BCUT2D eigenvalue weighted by molar-refractivity contribution is -0.157. The molecule has 180 valence electrons. The van der Waals surface area contributed by atoms with Crippen LogP contribution in [0.3, 0.4) is 0 Å². The Kier molecular flexibility index (Phi) is 11.4. The second-order valence-electron chi connectivity index (χ2n) is 8.79. The lowest BCUT2D eigenvalue weighted by atomic mass is 10.1. The lowest BCUT2D eigenvalue weighted by Gasteiger charge is -2.26. The summed E-state index contributed by atoms with van der Waals surface area (Å²) < 4.78 is 24.4. The normalized spacial score (nSPS) is 12.5. The number of ether oxygens (including phenoxy) is 2. The minimum Gasteiger partial charge on any atom is -0.458 e. The molecule has 0 bridgehead atoms. The van der Waals surface area contributed by atoms with Crippen molar-refractivity contribution in [1.82, 2.24) is 10.6 Å². The molecular weight excluding hydrogens is 439 g/mol. The fraction of sp³-hybridized carbons (Fsp3) is 0.522. The van der Waals surface area contributed by atoms with E-state index in [1.807, 2.05) is 0 Å². The van der Waals surface area contributed by atoms with Crippen molar-refractivity contribution in [3.8, 4) is 0 Å². The number of carbonyl (C=O) groups is 3. The van der Waals surface area contributed by atoms with Crippen LogP contribution in [-0.4, -0.2) is 41.8 Å². The molecule has 0 unspecified atom stereocenters. The van der Waals surface area contributed by atoms with Crippen LogP contribution in [-0.2, 0) is 19.1 Å². The molecule has 0 aliphatic heterocycles. The highest BCUT2D eigenvalue weighted by Gasteiger charge is 2.28. The first-order valence-corrected chi connectivity index (χ1v) is 10.2. The summed E-state index contributed by atoms with van der Waals surface area (Å²) in [5, 5.41) is 5.00. The molecule has 1 atom stereocenters. The Bertz CT molecular complexity index is 829. The number of amides is 2. The molecule has 0 saturated carbocycles. The summed E-state index contributed by atoms with van der Waals surface area (Å²) in [4.78, 5) is 36.5. The monoisotopic (exact) mass is 472 g/mol. The van der Waals surface area contributed by atoms with Gasteiger partial charge in [0.25, 0.3) is 0 Å². The molecule has 0 radical (unpaired) electrons. The van der Waals surface area contributed by atoms with E-state index in [1.54, 1.807) is 47.6 Å². The van der Waals surface area contributed by atoms with Gasteiger partial charge in [-0.3, -0.25) is 4.79 Å². The molecule has 0 aliphatic carbocycles. The molecule has 0 aliphatic rings. The van der Waals surface area contributed by atoms with Crippen LogP contribution in [0.2, 0.25) is 5.02 Å². The Labute approximate surface area is 194 Å². The van der Waals surface area contributed by atoms with Gasteiger partial charge in [0.15, 0.2) is 0 Å². The first kappa shape index (κ1) is 29.4. The summed E-state index contributed by atoms with van der Waals surface area (Å²) in [6.45, 7) is 10.3. The molecule has 2 N–H and O–H groups in total. The van der Waals surface area contributed by atoms with Crippen molar-refractivity contribution in [1.29, 1.82) is 0 Å². The molecule has 1 rings (SSSR count).